The molecule has 0 aliphatic carbocycles. The Bertz CT molecular complexity index is 525. The van der Waals surface area contributed by atoms with Crippen LogP contribution in [0.5, 0.6) is 5.75 Å². The molecule has 102 valence electrons. The van der Waals surface area contributed by atoms with Crippen molar-refractivity contribution in [1.29, 1.82) is 0 Å². The minimum absolute atomic E-state index is 0.684. The van der Waals surface area contributed by atoms with Gasteiger partial charge in [-0.1, -0.05) is 30.3 Å². The molecule has 0 aromatic heterocycles. The fraction of sp³-hybridized carbons (Fsp3) is 0.375. The van der Waals surface area contributed by atoms with E-state index >= 15 is 0 Å². The molecule has 0 aliphatic heterocycles. The third kappa shape index (κ3) is 3.46. The molecule has 0 bridgehead atoms. The van der Waals surface area contributed by atoms with Gasteiger partial charge in [-0.3, -0.25) is 0 Å². The molecule has 3 heteroatoms. The van der Waals surface area contributed by atoms with E-state index in [0.717, 1.165) is 18.8 Å². The van der Waals surface area contributed by atoms with E-state index in [4.69, 9.17) is 9.47 Å². The highest BCUT2D eigenvalue weighted by Crippen LogP contribution is 2.28. The number of rotatable bonds is 7. The van der Waals surface area contributed by atoms with E-state index in [1.54, 1.807) is 7.11 Å². The van der Waals surface area contributed by atoms with Gasteiger partial charge in [0, 0.05) is 25.8 Å². The zero-order chi connectivity index (χ0) is 13.5. The first-order valence-corrected chi connectivity index (χ1v) is 6.70. The predicted molar refractivity (Wildman–Crippen MR) is 78.7 cm³/mol. The van der Waals surface area contributed by atoms with Crippen molar-refractivity contribution in [2.75, 3.05) is 26.9 Å². The summed E-state index contributed by atoms with van der Waals surface area (Å²) in [6.07, 6.45) is 0. The van der Waals surface area contributed by atoms with Gasteiger partial charge in [0.25, 0.3) is 0 Å². The molecule has 0 fully saturated rings. The summed E-state index contributed by atoms with van der Waals surface area (Å²) in [4.78, 5) is 0. The van der Waals surface area contributed by atoms with Gasteiger partial charge in [-0.05, 0) is 23.8 Å². The number of benzene rings is 2. The molecule has 2 rings (SSSR count). The van der Waals surface area contributed by atoms with Gasteiger partial charge in [0.1, 0.15) is 5.75 Å². The maximum atomic E-state index is 5.73. The Balaban J connectivity index is 2.27. The topological polar surface area (TPSA) is 30.5 Å². The first kappa shape index (κ1) is 13.8. The third-order valence-electron chi connectivity index (χ3n) is 3.08. The standard InChI is InChI=1S/C16H21NO2/c1-3-19-16-9-8-13-6-4-5-7-14(13)15(16)12-17-10-11-18-2/h4-9,17H,3,10-12H2,1-2H3. The summed E-state index contributed by atoms with van der Waals surface area (Å²) in [6, 6.07) is 12.6. The normalized spacial score (nSPS) is 10.8. The zero-order valence-electron chi connectivity index (χ0n) is 11.6. The maximum Gasteiger partial charge on any atom is 0.124 e. The lowest BCUT2D eigenvalue weighted by atomic mass is 10.0. The van der Waals surface area contributed by atoms with E-state index in [2.05, 4.69) is 41.7 Å². The molecular weight excluding hydrogens is 238 g/mol. The van der Waals surface area contributed by atoms with Crippen molar-refractivity contribution in [2.24, 2.45) is 0 Å². The van der Waals surface area contributed by atoms with Crippen LogP contribution in [0.1, 0.15) is 12.5 Å². The lowest BCUT2D eigenvalue weighted by molar-refractivity contribution is 0.199. The fourth-order valence-electron chi connectivity index (χ4n) is 2.18. The van der Waals surface area contributed by atoms with Crippen LogP contribution in [0.25, 0.3) is 10.8 Å². The maximum absolute atomic E-state index is 5.73. The van der Waals surface area contributed by atoms with E-state index in [1.165, 1.54) is 16.3 Å². The number of nitrogens with one attached hydrogen (secondary N) is 1. The summed E-state index contributed by atoms with van der Waals surface area (Å²) < 4.78 is 10.8. The van der Waals surface area contributed by atoms with Gasteiger partial charge in [-0.15, -0.1) is 0 Å². The van der Waals surface area contributed by atoms with Crippen LogP contribution in [0.3, 0.4) is 0 Å². The van der Waals surface area contributed by atoms with Crippen LogP contribution in [-0.4, -0.2) is 26.9 Å². The number of fused-ring (bicyclic) bond motifs is 1. The molecule has 19 heavy (non-hydrogen) atoms. The van der Waals surface area contributed by atoms with E-state index in [0.29, 0.717) is 13.2 Å². The quantitative estimate of drug-likeness (QED) is 0.775. The van der Waals surface area contributed by atoms with Crippen molar-refractivity contribution < 1.29 is 9.47 Å². The summed E-state index contributed by atoms with van der Waals surface area (Å²) in [5, 5.41) is 5.88. The molecule has 0 atom stereocenters. The van der Waals surface area contributed by atoms with E-state index < -0.39 is 0 Å². The molecule has 2 aromatic rings. The Morgan fingerprint density at radius 3 is 2.74 bits per heavy atom. The largest absolute Gasteiger partial charge is 0.494 e. The average Bonchev–Trinajstić information content (AvgIpc) is 2.45. The van der Waals surface area contributed by atoms with Crippen LogP contribution in [0.2, 0.25) is 0 Å². The van der Waals surface area contributed by atoms with E-state index in [1.807, 2.05) is 6.92 Å². The predicted octanol–water partition coefficient (Wildman–Crippen LogP) is 2.97. The van der Waals surface area contributed by atoms with Gasteiger partial charge in [0.2, 0.25) is 0 Å². The van der Waals surface area contributed by atoms with Crippen molar-refractivity contribution >= 4 is 10.8 Å². The summed E-state index contributed by atoms with van der Waals surface area (Å²) in [5.74, 6) is 0.964. The molecule has 0 spiro atoms. The van der Waals surface area contributed by atoms with Gasteiger partial charge < -0.3 is 14.8 Å². The molecule has 0 aliphatic rings. The Morgan fingerprint density at radius 2 is 1.95 bits per heavy atom. The number of hydrogen-bond acceptors (Lipinski definition) is 3. The van der Waals surface area contributed by atoms with Crippen molar-refractivity contribution in [2.45, 2.75) is 13.5 Å². The van der Waals surface area contributed by atoms with E-state index in [9.17, 15) is 0 Å². The van der Waals surface area contributed by atoms with Crippen LogP contribution < -0.4 is 10.1 Å². The summed E-state index contributed by atoms with van der Waals surface area (Å²) in [6.45, 7) is 5.04. The molecular formula is C16H21NO2. The monoisotopic (exact) mass is 259 g/mol. The molecule has 0 unspecified atom stereocenters. The van der Waals surface area contributed by atoms with Crippen LogP contribution in [0.15, 0.2) is 36.4 Å². The van der Waals surface area contributed by atoms with Gasteiger partial charge in [-0.2, -0.15) is 0 Å². The van der Waals surface area contributed by atoms with Crippen LogP contribution in [0.4, 0.5) is 0 Å². The van der Waals surface area contributed by atoms with Crippen molar-refractivity contribution in [3.63, 3.8) is 0 Å². The average molecular weight is 259 g/mol. The van der Waals surface area contributed by atoms with Crippen molar-refractivity contribution in [3.8, 4) is 5.75 Å². The van der Waals surface area contributed by atoms with Crippen molar-refractivity contribution in [3.05, 3.63) is 42.0 Å². The molecule has 0 saturated carbocycles. The lowest BCUT2D eigenvalue weighted by Crippen LogP contribution is -2.19. The molecule has 0 saturated heterocycles. The Hall–Kier alpha value is -1.58. The Labute approximate surface area is 114 Å². The third-order valence-corrected chi connectivity index (χ3v) is 3.08. The van der Waals surface area contributed by atoms with Crippen LogP contribution >= 0.6 is 0 Å². The Kier molecular flexibility index (Phi) is 5.19. The second kappa shape index (κ2) is 7.12. The van der Waals surface area contributed by atoms with Crippen LogP contribution in [0, 0.1) is 0 Å². The number of hydrogen-bond donors (Lipinski definition) is 1. The summed E-state index contributed by atoms with van der Waals surface area (Å²) >= 11 is 0. The first-order valence-electron chi connectivity index (χ1n) is 6.70. The van der Waals surface area contributed by atoms with Crippen molar-refractivity contribution in [1.82, 2.24) is 5.32 Å². The minimum Gasteiger partial charge on any atom is -0.494 e. The van der Waals surface area contributed by atoms with E-state index in [-0.39, 0.29) is 0 Å². The van der Waals surface area contributed by atoms with Gasteiger partial charge in [-0.25, -0.2) is 0 Å². The molecule has 2 aromatic carbocycles. The molecule has 0 amide bonds. The molecule has 0 radical (unpaired) electrons. The number of ether oxygens (including phenoxy) is 2. The zero-order valence-corrected chi connectivity index (χ0v) is 11.6. The summed E-state index contributed by atoms with van der Waals surface area (Å²) in [5.41, 5.74) is 1.22. The fourth-order valence-corrected chi connectivity index (χ4v) is 2.18. The molecule has 1 N–H and O–H groups in total. The lowest BCUT2D eigenvalue weighted by Gasteiger charge is -2.14. The van der Waals surface area contributed by atoms with Gasteiger partial charge >= 0.3 is 0 Å². The molecule has 0 heterocycles. The number of methoxy groups -OCH3 is 1. The SMILES string of the molecule is CCOc1ccc2ccccc2c1CNCCOC. The minimum atomic E-state index is 0.684. The highest BCUT2D eigenvalue weighted by molar-refractivity contribution is 5.87. The van der Waals surface area contributed by atoms with Gasteiger partial charge in [0.15, 0.2) is 0 Å². The second-order valence-corrected chi connectivity index (χ2v) is 4.37. The smallest absolute Gasteiger partial charge is 0.124 e. The molecule has 3 nitrogen and oxygen atoms in total. The summed E-state index contributed by atoms with van der Waals surface area (Å²) in [7, 11) is 1.71. The van der Waals surface area contributed by atoms with Gasteiger partial charge in [0.05, 0.1) is 13.2 Å². The van der Waals surface area contributed by atoms with Crippen LogP contribution in [-0.2, 0) is 11.3 Å². The highest BCUT2D eigenvalue weighted by Gasteiger charge is 2.07. The first-order chi connectivity index (χ1) is 9.36. The Morgan fingerprint density at radius 1 is 1.11 bits per heavy atom. The highest BCUT2D eigenvalue weighted by atomic mass is 16.5. The second-order valence-electron chi connectivity index (χ2n) is 4.37.